The number of nitrogens with one attached hydrogen (secondary N) is 2. The second-order valence-corrected chi connectivity index (χ2v) is 7.61. The normalized spacial score (nSPS) is 12.0. The molecule has 1 amide bonds. The Morgan fingerprint density at radius 3 is 2.52 bits per heavy atom. The molecule has 1 aromatic carbocycles. The number of carboxylic acid groups (broad SMARTS) is 1. The number of unbranched alkanes of at least 4 members (excludes halogenated alkanes) is 2. The first-order valence-corrected chi connectivity index (χ1v) is 10.6. The summed E-state index contributed by atoms with van der Waals surface area (Å²) in [6.07, 6.45) is -1.02. The van der Waals surface area contributed by atoms with Crippen LogP contribution in [0.25, 0.3) is 0 Å². The lowest BCUT2D eigenvalue weighted by Crippen LogP contribution is -2.34. The highest BCUT2D eigenvalue weighted by molar-refractivity contribution is 7.80. The van der Waals surface area contributed by atoms with Gasteiger partial charge in [-0.05, 0) is 55.9 Å². The number of benzene rings is 1. The van der Waals surface area contributed by atoms with E-state index in [-0.39, 0.29) is 34.4 Å². The maximum atomic E-state index is 13.5. The largest absolute Gasteiger partial charge is 0.493 e. The summed E-state index contributed by atoms with van der Waals surface area (Å²) in [7, 11) is 0. The second-order valence-electron chi connectivity index (χ2n) is 7.20. The van der Waals surface area contributed by atoms with Gasteiger partial charge in [0.1, 0.15) is 5.75 Å². The van der Waals surface area contributed by atoms with Gasteiger partial charge in [0.25, 0.3) is 5.91 Å². The van der Waals surface area contributed by atoms with Crippen LogP contribution in [0.2, 0.25) is 0 Å². The fraction of sp³-hybridized carbons (Fsp3) is 0.364. The van der Waals surface area contributed by atoms with Gasteiger partial charge < -0.3 is 15.2 Å². The third-order valence-electron chi connectivity index (χ3n) is 4.64. The molecule has 2 aromatic rings. The van der Waals surface area contributed by atoms with Gasteiger partial charge in [-0.3, -0.25) is 19.9 Å². The van der Waals surface area contributed by atoms with Gasteiger partial charge >= 0.3 is 12.1 Å². The number of nitrogens with zero attached hydrogens (tertiary/aromatic N) is 1. The van der Waals surface area contributed by atoms with Gasteiger partial charge in [-0.25, -0.2) is 0 Å². The summed E-state index contributed by atoms with van der Waals surface area (Å²) in [5, 5.41) is 13.7. The molecule has 0 bridgehead atoms. The third-order valence-corrected chi connectivity index (χ3v) is 4.84. The number of hydrogen-bond acceptors (Lipinski definition) is 5. The van der Waals surface area contributed by atoms with Crippen molar-refractivity contribution in [3.63, 3.8) is 0 Å². The highest BCUT2D eigenvalue weighted by atomic mass is 32.1. The number of rotatable bonds is 9. The average molecular weight is 484 g/mol. The molecule has 0 aliphatic carbocycles. The standard InChI is InChI=1S/C22H24F3N3O4S/c1-3-4-5-10-32-18-9-7-15(11-16(18)22(23,24)25)27-21(33)28-19(29)14-6-8-17(26-12-14)13(2)20(30)31/h6-9,11-13H,3-5,10H2,1-2H3,(H,30,31)(H2,27,28,29,33). The lowest BCUT2D eigenvalue weighted by molar-refractivity contribution is -0.139. The Kier molecular flexibility index (Phi) is 9.15. The molecule has 178 valence electrons. The Morgan fingerprint density at radius 2 is 1.94 bits per heavy atom. The number of carbonyl (C=O) groups excluding carboxylic acids is 1. The number of thiocarbonyl (C=S) groups is 1. The SMILES string of the molecule is CCCCCOc1ccc(NC(=S)NC(=O)c2ccc(C(C)C(=O)O)nc2)cc1C(F)(F)F. The first kappa shape index (κ1) is 26.0. The Bertz CT molecular complexity index is 997. The number of carbonyl (C=O) groups is 2. The molecule has 0 saturated carbocycles. The van der Waals surface area contributed by atoms with E-state index in [1.165, 1.54) is 37.4 Å². The van der Waals surface area contributed by atoms with Crippen LogP contribution < -0.4 is 15.4 Å². The molecule has 0 aliphatic heterocycles. The van der Waals surface area contributed by atoms with Crippen molar-refractivity contribution >= 4 is 34.9 Å². The molecule has 1 unspecified atom stereocenters. The molecule has 1 aromatic heterocycles. The average Bonchev–Trinajstić information content (AvgIpc) is 2.76. The van der Waals surface area contributed by atoms with E-state index < -0.39 is 29.5 Å². The predicted molar refractivity (Wildman–Crippen MR) is 120 cm³/mol. The van der Waals surface area contributed by atoms with Gasteiger partial charge in [0.15, 0.2) is 5.11 Å². The molecule has 3 N–H and O–H groups in total. The molecule has 0 aliphatic rings. The van der Waals surface area contributed by atoms with E-state index >= 15 is 0 Å². The van der Waals surface area contributed by atoms with Crippen LogP contribution in [-0.2, 0) is 11.0 Å². The summed E-state index contributed by atoms with van der Waals surface area (Å²) in [6.45, 7) is 3.62. The van der Waals surface area contributed by atoms with Crippen LogP contribution in [0.3, 0.4) is 0 Å². The number of alkyl halides is 3. The van der Waals surface area contributed by atoms with Crippen LogP contribution in [0.4, 0.5) is 18.9 Å². The minimum Gasteiger partial charge on any atom is -0.493 e. The van der Waals surface area contributed by atoms with Gasteiger partial charge in [0.05, 0.1) is 29.3 Å². The van der Waals surface area contributed by atoms with Gasteiger partial charge in [0.2, 0.25) is 0 Å². The van der Waals surface area contributed by atoms with Gasteiger partial charge in [-0.15, -0.1) is 0 Å². The van der Waals surface area contributed by atoms with Crippen LogP contribution in [0, 0.1) is 0 Å². The van der Waals surface area contributed by atoms with Crippen molar-refractivity contribution in [2.45, 2.75) is 45.2 Å². The Hall–Kier alpha value is -3.21. The molecular formula is C22H24F3N3O4S. The van der Waals surface area contributed by atoms with Gasteiger partial charge in [-0.2, -0.15) is 13.2 Å². The van der Waals surface area contributed by atoms with Crippen molar-refractivity contribution in [2.75, 3.05) is 11.9 Å². The van der Waals surface area contributed by atoms with E-state index in [1.54, 1.807) is 0 Å². The minimum absolute atomic E-state index is 0.0253. The zero-order valence-corrected chi connectivity index (χ0v) is 18.8. The predicted octanol–water partition coefficient (Wildman–Crippen LogP) is 4.98. The molecule has 0 spiro atoms. The molecule has 1 atom stereocenters. The lowest BCUT2D eigenvalue weighted by atomic mass is 10.1. The van der Waals surface area contributed by atoms with E-state index in [0.717, 1.165) is 18.9 Å². The van der Waals surface area contributed by atoms with Crippen molar-refractivity contribution in [1.82, 2.24) is 10.3 Å². The summed E-state index contributed by atoms with van der Waals surface area (Å²) < 4.78 is 45.7. The summed E-state index contributed by atoms with van der Waals surface area (Å²) in [6, 6.07) is 6.21. The van der Waals surface area contributed by atoms with E-state index in [9.17, 15) is 22.8 Å². The number of carboxylic acids is 1. The summed E-state index contributed by atoms with van der Waals surface area (Å²) in [5.41, 5.74) is -0.550. The molecule has 33 heavy (non-hydrogen) atoms. The summed E-state index contributed by atoms with van der Waals surface area (Å²) >= 11 is 5.03. The van der Waals surface area contributed by atoms with E-state index in [2.05, 4.69) is 15.6 Å². The van der Waals surface area contributed by atoms with Crippen molar-refractivity contribution in [3.8, 4) is 5.75 Å². The number of aliphatic carboxylic acids is 1. The number of pyridine rings is 1. The number of aromatic nitrogens is 1. The van der Waals surface area contributed by atoms with Crippen LogP contribution in [-0.4, -0.2) is 33.7 Å². The van der Waals surface area contributed by atoms with E-state index in [0.29, 0.717) is 6.42 Å². The zero-order chi connectivity index (χ0) is 24.6. The van der Waals surface area contributed by atoms with Crippen LogP contribution in [0.1, 0.15) is 60.6 Å². The smallest absolute Gasteiger partial charge is 0.420 e. The second kappa shape index (κ2) is 11.6. The summed E-state index contributed by atoms with van der Waals surface area (Å²) in [5.74, 6) is -2.82. The molecule has 0 saturated heterocycles. The molecular weight excluding hydrogens is 459 g/mol. The lowest BCUT2D eigenvalue weighted by Gasteiger charge is -2.16. The topological polar surface area (TPSA) is 101 Å². The van der Waals surface area contributed by atoms with Crippen molar-refractivity contribution in [3.05, 3.63) is 53.3 Å². The number of amides is 1. The number of halogens is 3. The van der Waals surface area contributed by atoms with E-state index in [4.69, 9.17) is 22.1 Å². The van der Waals surface area contributed by atoms with Gasteiger partial charge in [0, 0.05) is 11.9 Å². The molecule has 1 heterocycles. The number of hydrogen-bond donors (Lipinski definition) is 3. The third kappa shape index (κ3) is 7.70. The molecule has 7 nitrogen and oxygen atoms in total. The monoisotopic (exact) mass is 483 g/mol. The van der Waals surface area contributed by atoms with Gasteiger partial charge in [-0.1, -0.05) is 19.8 Å². The quantitative estimate of drug-likeness (QED) is 0.341. The molecule has 2 rings (SSSR count). The Morgan fingerprint density at radius 1 is 1.21 bits per heavy atom. The number of ether oxygens (including phenoxy) is 1. The first-order chi connectivity index (χ1) is 15.5. The van der Waals surface area contributed by atoms with Crippen molar-refractivity contribution in [1.29, 1.82) is 0 Å². The maximum Gasteiger partial charge on any atom is 0.420 e. The Labute approximate surface area is 194 Å². The molecule has 11 heteroatoms. The van der Waals surface area contributed by atoms with E-state index in [1.807, 2.05) is 6.92 Å². The highest BCUT2D eigenvalue weighted by Gasteiger charge is 2.34. The first-order valence-electron chi connectivity index (χ1n) is 10.2. The summed E-state index contributed by atoms with van der Waals surface area (Å²) in [4.78, 5) is 27.3. The van der Waals surface area contributed by atoms with Crippen molar-refractivity contribution < 1.29 is 32.6 Å². The van der Waals surface area contributed by atoms with Crippen LogP contribution >= 0.6 is 12.2 Å². The molecule has 0 fully saturated rings. The fourth-order valence-corrected chi connectivity index (χ4v) is 2.96. The fourth-order valence-electron chi connectivity index (χ4n) is 2.75. The van der Waals surface area contributed by atoms with Crippen LogP contribution in [0.15, 0.2) is 36.5 Å². The number of anilines is 1. The zero-order valence-electron chi connectivity index (χ0n) is 18.0. The maximum absolute atomic E-state index is 13.5. The minimum atomic E-state index is -4.64. The highest BCUT2D eigenvalue weighted by Crippen LogP contribution is 2.38. The molecule has 0 radical (unpaired) electrons. The Balaban J connectivity index is 2.05. The van der Waals surface area contributed by atoms with Crippen molar-refractivity contribution in [2.24, 2.45) is 0 Å². The van der Waals surface area contributed by atoms with Crippen LogP contribution in [0.5, 0.6) is 5.75 Å².